The number of aromatic amines is 1. The summed E-state index contributed by atoms with van der Waals surface area (Å²) in [5, 5.41) is 8.60. The molecule has 2 N–H and O–H groups in total. The van der Waals surface area contributed by atoms with Crippen LogP contribution >= 0.6 is 0 Å². The Labute approximate surface area is 78.3 Å². The standard InChI is InChI=1S/C9H7NO4/c11-3-5-1-7-9(14-5)2-6(10-7)8(13)4-12/h1-3,10,12H,4H2. The van der Waals surface area contributed by atoms with Gasteiger partial charge in [-0.2, -0.15) is 0 Å². The number of nitrogens with one attached hydrogen (secondary N) is 1. The molecule has 2 aromatic heterocycles. The third-order valence-corrected chi connectivity index (χ3v) is 1.88. The number of furan rings is 1. The first kappa shape index (κ1) is 8.71. The predicted molar refractivity (Wildman–Crippen MR) is 47.4 cm³/mol. The van der Waals surface area contributed by atoms with Gasteiger partial charge >= 0.3 is 0 Å². The molecule has 2 aromatic rings. The van der Waals surface area contributed by atoms with Crippen molar-refractivity contribution in [2.75, 3.05) is 6.61 Å². The van der Waals surface area contributed by atoms with E-state index in [0.717, 1.165) is 0 Å². The van der Waals surface area contributed by atoms with E-state index in [-0.39, 0.29) is 11.5 Å². The van der Waals surface area contributed by atoms with E-state index in [9.17, 15) is 9.59 Å². The summed E-state index contributed by atoms with van der Waals surface area (Å²) in [6, 6.07) is 2.96. The summed E-state index contributed by atoms with van der Waals surface area (Å²) in [6.07, 6.45) is 0.585. The lowest BCUT2D eigenvalue weighted by Crippen LogP contribution is -2.03. The van der Waals surface area contributed by atoms with Crippen molar-refractivity contribution in [3.05, 3.63) is 23.6 Å². The van der Waals surface area contributed by atoms with Crippen LogP contribution in [-0.2, 0) is 0 Å². The average molecular weight is 193 g/mol. The average Bonchev–Trinajstić information content (AvgIpc) is 2.72. The number of H-pyrrole nitrogens is 1. The Bertz CT molecular complexity index is 462. The van der Waals surface area contributed by atoms with Gasteiger partial charge in [0.2, 0.25) is 5.78 Å². The fourth-order valence-electron chi connectivity index (χ4n) is 1.24. The lowest BCUT2D eigenvalue weighted by Gasteiger charge is -1.88. The largest absolute Gasteiger partial charge is 0.452 e. The summed E-state index contributed by atoms with van der Waals surface area (Å²) in [7, 11) is 0. The van der Waals surface area contributed by atoms with Gasteiger partial charge in [-0.3, -0.25) is 9.59 Å². The molecule has 2 heterocycles. The number of Topliss-reactive ketones (excluding diaryl/α,β-unsaturated/α-hetero) is 1. The van der Waals surface area contributed by atoms with Crippen LogP contribution in [0.25, 0.3) is 11.1 Å². The second kappa shape index (κ2) is 3.12. The van der Waals surface area contributed by atoms with Crippen molar-refractivity contribution < 1.29 is 19.1 Å². The first-order valence-corrected chi connectivity index (χ1v) is 3.96. The number of aromatic nitrogens is 1. The van der Waals surface area contributed by atoms with Crippen molar-refractivity contribution in [3.8, 4) is 0 Å². The highest BCUT2D eigenvalue weighted by Gasteiger charge is 2.11. The number of hydrogen-bond donors (Lipinski definition) is 2. The van der Waals surface area contributed by atoms with E-state index in [2.05, 4.69) is 4.98 Å². The molecule has 0 fully saturated rings. The maximum absolute atomic E-state index is 11.0. The second-order valence-electron chi connectivity index (χ2n) is 2.81. The van der Waals surface area contributed by atoms with Gasteiger partial charge in [0.25, 0.3) is 0 Å². The number of fused-ring (bicyclic) bond motifs is 1. The number of aldehydes is 1. The molecule has 0 bridgehead atoms. The molecule has 0 aromatic carbocycles. The van der Waals surface area contributed by atoms with Crippen LogP contribution in [0.1, 0.15) is 21.0 Å². The van der Waals surface area contributed by atoms with Gasteiger partial charge in [-0.05, 0) is 0 Å². The van der Waals surface area contributed by atoms with Crippen LogP contribution in [0.15, 0.2) is 16.5 Å². The van der Waals surface area contributed by atoms with E-state index in [0.29, 0.717) is 17.4 Å². The van der Waals surface area contributed by atoms with Crippen LogP contribution in [-0.4, -0.2) is 28.8 Å². The highest BCUT2D eigenvalue weighted by molar-refractivity contribution is 5.99. The number of aliphatic hydroxyl groups is 1. The summed E-state index contributed by atoms with van der Waals surface area (Å²) in [4.78, 5) is 24.1. The highest BCUT2D eigenvalue weighted by atomic mass is 16.3. The van der Waals surface area contributed by atoms with E-state index in [1.165, 1.54) is 12.1 Å². The van der Waals surface area contributed by atoms with Crippen LogP contribution in [0, 0.1) is 0 Å². The maximum atomic E-state index is 11.0. The van der Waals surface area contributed by atoms with Crippen LogP contribution in [0.2, 0.25) is 0 Å². The molecule has 0 aliphatic heterocycles. The van der Waals surface area contributed by atoms with Crippen molar-refractivity contribution in [2.24, 2.45) is 0 Å². The zero-order valence-electron chi connectivity index (χ0n) is 7.11. The van der Waals surface area contributed by atoms with Gasteiger partial charge in [-0.1, -0.05) is 0 Å². The summed E-state index contributed by atoms with van der Waals surface area (Å²) in [5.41, 5.74) is 1.28. The topological polar surface area (TPSA) is 83.3 Å². The van der Waals surface area contributed by atoms with Crippen molar-refractivity contribution in [1.29, 1.82) is 0 Å². The molecule has 0 radical (unpaired) electrons. The molecule has 0 aliphatic rings. The van der Waals surface area contributed by atoms with Gasteiger partial charge in [0.05, 0.1) is 11.2 Å². The molecule has 0 aliphatic carbocycles. The fourth-order valence-corrected chi connectivity index (χ4v) is 1.24. The molecule has 0 atom stereocenters. The quantitative estimate of drug-likeness (QED) is 0.556. The molecular weight excluding hydrogens is 186 g/mol. The first-order valence-electron chi connectivity index (χ1n) is 3.96. The summed E-state index contributed by atoms with van der Waals surface area (Å²) in [5.74, 6) is -0.210. The number of hydrogen-bond acceptors (Lipinski definition) is 4. The minimum Gasteiger partial charge on any atom is -0.452 e. The molecule has 5 heteroatoms. The van der Waals surface area contributed by atoms with Crippen molar-refractivity contribution in [1.82, 2.24) is 4.98 Å². The summed E-state index contributed by atoms with van der Waals surface area (Å²) >= 11 is 0. The number of carbonyl (C=O) groups is 2. The molecule has 0 unspecified atom stereocenters. The zero-order chi connectivity index (χ0) is 10.1. The van der Waals surface area contributed by atoms with Gasteiger partial charge in [-0.25, -0.2) is 0 Å². The van der Waals surface area contributed by atoms with Gasteiger partial charge in [-0.15, -0.1) is 0 Å². The Hall–Kier alpha value is -1.88. The number of rotatable bonds is 3. The van der Waals surface area contributed by atoms with Crippen LogP contribution < -0.4 is 0 Å². The van der Waals surface area contributed by atoms with Crippen molar-refractivity contribution >= 4 is 23.2 Å². The Kier molecular flexibility index (Phi) is 1.94. The van der Waals surface area contributed by atoms with Crippen molar-refractivity contribution in [2.45, 2.75) is 0 Å². The Balaban J connectivity index is 2.49. The van der Waals surface area contributed by atoms with Crippen molar-refractivity contribution in [3.63, 3.8) is 0 Å². The minimum absolute atomic E-state index is 0.203. The summed E-state index contributed by atoms with van der Waals surface area (Å²) < 4.78 is 5.06. The lowest BCUT2D eigenvalue weighted by molar-refractivity contribution is 0.0899. The van der Waals surface area contributed by atoms with Crippen LogP contribution in [0.5, 0.6) is 0 Å². The van der Waals surface area contributed by atoms with Gasteiger partial charge < -0.3 is 14.5 Å². The molecular formula is C9H7NO4. The monoisotopic (exact) mass is 193 g/mol. The third kappa shape index (κ3) is 1.23. The van der Waals surface area contributed by atoms with E-state index in [1.807, 2.05) is 0 Å². The Morgan fingerprint density at radius 2 is 2.36 bits per heavy atom. The van der Waals surface area contributed by atoms with E-state index in [4.69, 9.17) is 9.52 Å². The molecule has 0 spiro atoms. The molecule has 0 saturated heterocycles. The second-order valence-corrected chi connectivity index (χ2v) is 2.81. The number of carbonyl (C=O) groups excluding carboxylic acids is 2. The normalized spacial score (nSPS) is 10.6. The number of aliphatic hydroxyl groups excluding tert-OH is 1. The molecule has 0 amide bonds. The minimum atomic E-state index is -0.552. The van der Waals surface area contributed by atoms with Crippen LogP contribution in [0.4, 0.5) is 0 Å². The Morgan fingerprint density at radius 3 is 2.93 bits per heavy atom. The van der Waals surface area contributed by atoms with E-state index < -0.39 is 12.4 Å². The lowest BCUT2D eigenvalue weighted by atomic mass is 10.3. The molecule has 5 nitrogen and oxygen atoms in total. The zero-order valence-corrected chi connectivity index (χ0v) is 7.11. The Morgan fingerprint density at radius 1 is 1.57 bits per heavy atom. The highest BCUT2D eigenvalue weighted by Crippen LogP contribution is 2.19. The molecule has 14 heavy (non-hydrogen) atoms. The molecule has 2 rings (SSSR count). The molecule has 0 saturated carbocycles. The fraction of sp³-hybridized carbons (Fsp3) is 0.111. The van der Waals surface area contributed by atoms with Crippen LogP contribution in [0.3, 0.4) is 0 Å². The van der Waals surface area contributed by atoms with Gasteiger partial charge in [0, 0.05) is 12.1 Å². The van der Waals surface area contributed by atoms with E-state index >= 15 is 0 Å². The number of ketones is 1. The summed E-state index contributed by atoms with van der Waals surface area (Å²) in [6.45, 7) is -0.552. The van der Waals surface area contributed by atoms with Gasteiger partial charge in [0.15, 0.2) is 17.6 Å². The van der Waals surface area contributed by atoms with Gasteiger partial charge in [0.1, 0.15) is 6.61 Å². The predicted octanol–water partition coefficient (Wildman–Crippen LogP) is 0.748. The molecule has 72 valence electrons. The third-order valence-electron chi connectivity index (χ3n) is 1.88. The van der Waals surface area contributed by atoms with E-state index in [1.54, 1.807) is 0 Å². The maximum Gasteiger partial charge on any atom is 0.204 e. The first-order chi connectivity index (χ1) is 6.74. The smallest absolute Gasteiger partial charge is 0.204 e. The SMILES string of the molecule is O=Cc1cc2[nH]c(C(=O)CO)cc2o1.